The van der Waals surface area contributed by atoms with Gasteiger partial charge >= 0.3 is 0 Å². The molecule has 1 amide bonds. The van der Waals surface area contributed by atoms with Crippen LogP contribution < -0.4 is 4.74 Å². The van der Waals surface area contributed by atoms with Crippen LogP contribution in [-0.4, -0.2) is 44.8 Å². The van der Waals surface area contributed by atoms with Crippen molar-refractivity contribution in [3.63, 3.8) is 0 Å². The Bertz CT molecular complexity index is 684. The molecule has 0 aliphatic carbocycles. The van der Waals surface area contributed by atoms with Crippen molar-refractivity contribution in [2.75, 3.05) is 13.2 Å². The number of hydrogen-bond acceptors (Lipinski definition) is 4. The van der Waals surface area contributed by atoms with Crippen LogP contribution in [0.1, 0.15) is 30.7 Å². The van der Waals surface area contributed by atoms with Crippen molar-refractivity contribution in [2.24, 2.45) is 0 Å². The van der Waals surface area contributed by atoms with Crippen LogP contribution in [0.4, 0.5) is 0 Å². The molecule has 6 heteroatoms. The molecule has 3 rings (SSSR count). The zero-order valence-corrected chi connectivity index (χ0v) is 14.3. The van der Waals surface area contributed by atoms with Gasteiger partial charge in [0.15, 0.2) is 6.61 Å². The lowest BCUT2D eigenvalue weighted by Gasteiger charge is -2.35. The highest BCUT2D eigenvalue weighted by Gasteiger charge is 2.27. The van der Waals surface area contributed by atoms with Gasteiger partial charge in [0.1, 0.15) is 5.75 Å². The maximum atomic E-state index is 12.6. The molecule has 24 heavy (non-hydrogen) atoms. The monoisotopic (exact) mass is 328 g/mol. The van der Waals surface area contributed by atoms with Crippen molar-refractivity contribution in [3.8, 4) is 5.75 Å². The van der Waals surface area contributed by atoms with E-state index in [4.69, 9.17) is 4.74 Å². The van der Waals surface area contributed by atoms with Crippen LogP contribution in [0.2, 0.25) is 0 Å². The van der Waals surface area contributed by atoms with Crippen LogP contribution in [0.3, 0.4) is 0 Å². The number of ether oxygens (including phenoxy) is 1. The molecule has 0 saturated carbocycles. The van der Waals surface area contributed by atoms with Gasteiger partial charge in [-0.15, -0.1) is 0 Å². The van der Waals surface area contributed by atoms with Gasteiger partial charge in [0, 0.05) is 18.4 Å². The fraction of sp³-hybridized carbons (Fsp3) is 0.500. The third-order valence-corrected chi connectivity index (χ3v) is 4.43. The molecule has 1 unspecified atom stereocenters. The van der Waals surface area contributed by atoms with Crippen LogP contribution in [-0.2, 0) is 11.3 Å². The minimum Gasteiger partial charge on any atom is -0.482 e. The molecule has 0 bridgehead atoms. The normalized spacial score (nSPS) is 17.8. The topological polar surface area (TPSA) is 60.2 Å². The second-order valence-corrected chi connectivity index (χ2v) is 6.32. The number of piperidine rings is 1. The van der Waals surface area contributed by atoms with Gasteiger partial charge in [0.2, 0.25) is 0 Å². The van der Waals surface area contributed by atoms with E-state index in [0.717, 1.165) is 43.7 Å². The SMILES string of the molecule is Cc1cc(C)n(CC2CCCCN2C(=O)COc2cccnc2)n1. The number of hydrogen-bond donors (Lipinski definition) is 0. The van der Waals surface area contributed by atoms with Gasteiger partial charge in [-0.3, -0.25) is 14.5 Å². The van der Waals surface area contributed by atoms with Gasteiger partial charge in [-0.05, 0) is 51.3 Å². The Morgan fingerprint density at radius 3 is 2.96 bits per heavy atom. The predicted molar refractivity (Wildman–Crippen MR) is 90.8 cm³/mol. The average Bonchev–Trinajstić information content (AvgIpc) is 2.91. The molecule has 1 saturated heterocycles. The summed E-state index contributed by atoms with van der Waals surface area (Å²) >= 11 is 0. The molecule has 128 valence electrons. The number of likely N-dealkylation sites (tertiary alicyclic amines) is 1. The quantitative estimate of drug-likeness (QED) is 0.845. The summed E-state index contributed by atoms with van der Waals surface area (Å²) in [7, 11) is 0. The summed E-state index contributed by atoms with van der Waals surface area (Å²) < 4.78 is 7.58. The lowest BCUT2D eigenvalue weighted by molar-refractivity contribution is -0.137. The molecular formula is C18H24N4O2. The molecule has 1 atom stereocenters. The fourth-order valence-electron chi connectivity index (χ4n) is 3.24. The van der Waals surface area contributed by atoms with Crippen LogP contribution in [0.15, 0.2) is 30.6 Å². The molecule has 2 aromatic heterocycles. The summed E-state index contributed by atoms with van der Waals surface area (Å²) in [5.74, 6) is 0.656. The Hall–Kier alpha value is -2.37. The average molecular weight is 328 g/mol. The molecule has 1 aliphatic rings. The second-order valence-electron chi connectivity index (χ2n) is 6.32. The fourth-order valence-corrected chi connectivity index (χ4v) is 3.24. The second kappa shape index (κ2) is 7.47. The van der Waals surface area contributed by atoms with E-state index in [1.807, 2.05) is 22.6 Å². The highest BCUT2D eigenvalue weighted by molar-refractivity contribution is 5.78. The third kappa shape index (κ3) is 3.93. The van der Waals surface area contributed by atoms with Crippen LogP contribution in [0.25, 0.3) is 0 Å². The van der Waals surface area contributed by atoms with Crippen molar-refractivity contribution in [2.45, 2.75) is 45.7 Å². The minimum atomic E-state index is 0.0325. The van der Waals surface area contributed by atoms with E-state index >= 15 is 0 Å². The number of rotatable bonds is 5. The van der Waals surface area contributed by atoms with E-state index in [-0.39, 0.29) is 18.6 Å². The molecule has 1 fully saturated rings. The van der Waals surface area contributed by atoms with E-state index in [2.05, 4.69) is 23.1 Å². The summed E-state index contributed by atoms with van der Waals surface area (Å²) in [4.78, 5) is 18.6. The van der Waals surface area contributed by atoms with Gasteiger partial charge in [-0.1, -0.05) is 0 Å². The largest absolute Gasteiger partial charge is 0.482 e. The molecule has 0 N–H and O–H groups in total. The maximum Gasteiger partial charge on any atom is 0.260 e. The lowest BCUT2D eigenvalue weighted by Crippen LogP contribution is -2.47. The molecule has 1 aliphatic heterocycles. The van der Waals surface area contributed by atoms with Gasteiger partial charge in [0.05, 0.1) is 24.5 Å². The first kappa shape index (κ1) is 16.5. The first-order valence-electron chi connectivity index (χ1n) is 8.47. The highest BCUT2D eigenvalue weighted by Crippen LogP contribution is 2.20. The molecule has 0 radical (unpaired) electrons. The minimum absolute atomic E-state index is 0.0325. The van der Waals surface area contributed by atoms with Crippen LogP contribution >= 0.6 is 0 Å². The third-order valence-electron chi connectivity index (χ3n) is 4.43. The van der Waals surface area contributed by atoms with Gasteiger partial charge in [0.25, 0.3) is 5.91 Å². The summed E-state index contributed by atoms with van der Waals surface area (Å²) in [5, 5.41) is 4.53. The number of amides is 1. The van der Waals surface area contributed by atoms with Crippen molar-refractivity contribution in [1.29, 1.82) is 0 Å². The van der Waals surface area contributed by atoms with E-state index in [9.17, 15) is 4.79 Å². The van der Waals surface area contributed by atoms with E-state index < -0.39 is 0 Å². The first-order valence-corrected chi connectivity index (χ1v) is 8.47. The number of carbonyl (C=O) groups is 1. The Morgan fingerprint density at radius 2 is 2.25 bits per heavy atom. The first-order chi connectivity index (χ1) is 11.6. The molecule has 0 aromatic carbocycles. The predicted octanol–water partition coefficient (Wildman–Crippen LogP) is 2.36. The zero-order valence-electron chi connectivity index (χ0n) is 14.3. The Balaban J connectivity index is 1.63. The Labute approximate surface area is 142 Å². The van der Waals surface area contributed by atoms with Crippen molar-refractivity contribution >= 4 is 5.91 Å². The zero-order chi connectivity index (χ0) is 16.9. The molecule has 2 aromatic rings. The number of nitrogens with zero attached hydrogens (tertiary/aromatic N) is 4. The van der Waals surface area contributed by atoms with Crippen LogP contribution in [0, 0.1) is 13.8 Å². The maximum absolute atomic E-state index is 12.6. The van der Waals surface area contributed by atoms with Crippen molar-refractivity contribution in [3.05, 3.63) is 42.0 Å². The van der Waals surface area contributed by atoms with Gasteiger partial charge in [-0.2, -0.15) is 5.10 Å². The lowest BCUT2D eigenvalue weighted by atomic mass is 10.0. The van der Waals surface area contributed by atoms with Gasteiger partial charge in [-0.25, -0.2) is 0 Å². The summed E-state index contributed by atoms with van der Waals surface area (Å²) in [5.41, 5.74) is 2.15. The highest BCUT2D eigenvalue weighted by atomic mass is 16.5. The van der Waals surface area contributed by atoms with Crippen molar-refractivity contribution in [1.82, 2.24) is 19.7 Å². The number of carbonyl (C=O) groups excluding carboxylic acids is 1. The van der Waals surface area contributed by atoms with Crippen LogP contribution in [0.5, 0.6) is 5.75 Å². The number of pyridine rings is 1. The number of aryl methyl sites for hydroxylation is 2. The molecular weight excluding hydrogens is 304 g/mol. The van der Waals surface area contributed by atoms with Gasteiger partial charge < -0.3 is 9.64 Å². The van der Waals surface area contributed by atoms with E-state index in [1.54, 1.807) is 18.5 Å². The Morgan fingerprint density at radius 1 is 1.38 bits per heavy atom. The summed E-state index contributed by atoms with van der Waals surface area (Å²) in [6.45, 7) is 5.65. The summed E-state index contributed by atoms with van der Waals surface area (Å²) in [6.07, 6.45) is 6.51. The van der Waals surface area contributed by atoms with E-state index in [1.165, 1.54) is 0 Å². The molecule has 6 nitrogen and oxygen atoms in total. The standard InChI is InChI=1S/C18H24N4O2/c1-14-10-15(2)22(20-14)12-16-6-3-4-9-21(16)18(23)13-24-17-7-5-8-19-11-17/h5,7-8,10-11,16H,3-4,6,9,12-13H2,1-2H3. The molecule has 3 heterocycles. The molecule has 0 spiro atoms. The van der Waals surface area contributed by atoms with Crippen molar-refractivity contribution < 1.29 is 9.53 Å². The summed E-state index contributed by atoms with van der Waals surface area (Å²) in [6, 6.07) is 5.86. The number of aromatic nitrogens is 3. The smallest absolute Gasteiger partial charge is 0.260 e. The van der Waals surface area contributed by atoms with E-state index in [0.29, 0.717) is 5.75 Å². The Kier molecular flexibility index (Phi) is 5.13.